The van der Waals surface area contributed by atoms with Crippen LogP contribution in [0.2, 0.25) is 0 Å². The van der Waals surface area contributed by atoms with Gasteiger partial charge < -0.3 is 4.74 Å². The topological polar surface area (TPSA) is 26.3 Å². The van der Waals surface area contributed by atoms with Crippen LogP contribution in [0.3, 0.4) is 0 Å². The monoisotopic (exact) mass is 216 g/mol. The summed E-state index contributed by atoms with van der Waals surface area (Å²) in [5.74, 6) is -0.202. The second-order valence-electron chi connectivity index (χ2n) is 2.49. The summed E-state index contributed by atoms with van der Waals surface area (Å²) in [5, 5.41) is 1.97. The normalized spacial score (nSPS) is 10.0. The first kappa shape index (κ1) is 10.6. The molecular weight excluding hydrogens is 204 g/mol. The number of hydrogen-bond acceptors (Lipinski definition) is 4. The number of carbonyl (C=O) groups excluding carboxylic acids is 1. The van der Waals surface area contributed by atoms with Crippen molar-refractivity contribution in [3.05, 3.63) is 16.3 Å². The molecule has 0 aliphatic heterocycles. The highest BCUT2D eigenvalue weighted by Gasteiger charge is 2.09. The van der Waals surface area contributed by atoms with Crippen molar-refractivity contribution in [1.29, 1.82) is 0 Å². The Balaban J connectivity index is 2.55. The predicted octanol–water partition coefficient (Wildman–Crippen LogP) is 3.04. The standard InChI is InChI=1S/C9H12O2S2/c1-3-4-11-9(10)8-5-7(12-2)6-13-8/h5-6H,3-4H2,1-2H3. The zero-order chi connectivity index (χ0) is 9.68. The van der Waals surface area contributed by atoms with E-state index >= 15 is 0 Å². The van der Waals surface area contributed by atoms with Gasteiger partial charge in [0.1, 0.15) is 4.88 Å². The maximum absolute atomic E-state index is 11.3. The van der Waals surface area contributed by atoms with Crippen molar-refractivity contribution in [2.45, 2.75) is 18.2 Å². The lowest BCUT2D eigenvalue weighted by Crippen LogP contribution is -2.03. The second-order valence-corrected chi connectivity index (χ2v) is 4.28. The molecule has 0 saturated carbocycles. The van der Waals surface area contributed by atoms with Crippen LogP contribution in [0.5, 0.6) is 0 Å². The molecular formula is C9H12O2S2. The van der Waals surface area contributed by atoms with Gasteiger partial charge in [0.2, 0.25) is 0 Å². The van der Waals surface area contributed by atoms with E-state index in [4.69, 9.17) is 4.74 Å². The van der Waals surface area contributed by atoms with Crippen LogP contribution in [0, 0.1) is 0 Å². The molecule has 0 aromatic carbocycles. The highest BCUT2D eigenvalue weighted by Crippen LogP contribution is 2.23. The van der Waals surface area contributed by atoms with Gasteiger partial charge in [0, 0.05) is 10.3 Å². The van der Waals surface area contributed by atoms with E-state index in [0.717, 1.165) is 11.3 Å². The van der Waals surface area contributed by atoms with Crippen LogP contribution in [0.4, 0.5) is 0 Å². The highest BCUT2D eigenvalue weighted by atomic mass is 32.2. The van der Waals surface area contributed by atoms with Crippen LogP contribution in [0.25, 0.3) is 0 Å². The van der Waals surface area contributed by atoms with Crippen LogP contribution in [-0.4, -0.2) is 18.8 Å². The molecule has 0 aliphatic carbocycles. The number of thioether (sulfide) groups is 1. The van der Waals surface area contributed by atoms with Gasteiger partial charge in [0.15, 0.2) is 0 Å². The Kier molecular flexibility index (Phi) is 4.32. The highest BCUT2D eigenvalue weighted by molar-refractivity contribution is 7.98. The summed E-state index contributed by atoms with van der Waals surface area (Å²) in [6.45, 7) is 2.49. The number of carbonyl (C=O) groups is 1. The molecule has 0 amide bonds. The molecule has 0 N–H and O–H groups in total. The summed E-state index contributed by atoms with van der Waals surface area (Å²) >= 11 is 3.07. The van der Waals surface area contributed by atoms with E-state index in [2.05, 4.69) is 0 Å². The van der Waals surface area contributed by atoms with Crippen LogP contribution in [0.1, 0.15) is 23.0 Å². The van der Waals surface area contributed by atoms with Gasteiger partial charge in [-0.05, 0) is 18.7 Å². The average Bonchev–Trinajstić information content (AvgIpc) is 2.62. The lowest BCUT2D eigenvalue weighted by atomic mass is 10.4. The van der Waals surface area contributed by atoms with Crippen molar-refractivity contribution in [3.63, 3.8) is 0 Å². The Labute approximate surface area is 86.3 Å². The molecule has 0 atom stereocenters. The maximum Gasteiger partial charge on any atom is 0.348 e. The molecule has 0 saturated heterocycles. The quantitative estimate of drug-likeness (QED) is 0.571. The van der Waals surface area contributed by atoms with E-state index in [1.165, 1.54) is 11.3 Å². The zero-order valence-corrected chi connectivity index (χ0v) is 9.33. The van der Waals surface area contributed by atoms with Gasteiger partial charge in [-0.2, -0.15) is 0 Å². The fourth-order valence-electron chi connectivity index (χ4n) is 0.799. The first-order chi connectivity index (χ1) is 6.27. The molecule has 1 heterocycles. The molecule has 72 valence electrons. The third kappa shape index (κ3) is 3.04. The molecule has 1 aromatic heterocycles. The number of thiophene rings is 1. The molecule has 0 aliphatic rings. The molecule has 0 bridgehead atoms. The minimum Gasteiger partial charge on any atom is -0.462 e. The molecule has 1 aromatic rings. The van der Waals surface area contributed by atoms with Gasteiger partial charge in [0.05, 0.1) is 6.61 Å². The van der Waals surface area contributed by atoms with Crippen molar-refractivity contribution in [1.82, 2.24) is 0 Å². The van der Waals surface area contributed by atoms with Crippen molar-refractivity contribution in [2.75, 3.05) is 12.9 Å². The minimum atomic E-state index is -0.202. The van der Waals surface area contributed by atoms with Gasteiger partial charge in [-0.15, -0.1) is 23.1 Å². The fourth-order valence-corrected chi connectivity index (χ4v) is 2.30. The van der Waals surface area contributed by atoms with E-state index in [0.29, 0.717) is 11.5 Å². The van der Waals surface area contributed by atoms with Gasteiger partial charge in [0.25, 0.3) is 0 Å². The molecule has 0 fully saturated rings. The van der Waals surface area contributed by atoms with E-state index < -0.39 is 0 Å². The summed E-state index contributed by atoms with van der Waals surface area (Å²) in [5.41, 5.74) is 0. The van der Waals surface area contributed by atoms with Crippen LogP contribution >= 0.6 is 23.1 Å². The largest absolute Gasteiger partial charge is 0.462 e. The third-order valence-corrected chi connectivity index (χ3v) is 3.22. The summed E-state index contributed by atoms with van der Waals surface area (Å²) in [4.78, 5) is 13.1. The van der Waals surface area contributed by atoms with Crippen molar-refractivity contribution >= 4 is 29.1 Å². The Morgan fingerprint density at radius 2 is 2.46 bits per heavy atom. The molecule has 1 rings (SSSR count). The molecule has 2 nitrogen and oxygen atoms in total. The van der Waals surface area contributed by atoms with Crippen LogP contribution in [0.15, 0.2) is 16.3 Å². The molecule has 13 heavy (non-hydrogen) atoms. The Bertz CT molecular complexity index is 281. The van der Waals surface area contributed by atoms with Crippen LogP contribution in [-0.2, 0) is 4.74 Å². The molecule has 4 heteroatoms. The maximum atomic E-state index is 11.3. The fraction of sp³-hybridized carbons (Fsp3) is 0.444. The number of rotatable bonds is 4. The van der Waals surface area contributed by atoms with E-state index in [-0.39, 0.29) is 5.97 Å². The van der Waals surface area contributed by atoms with Crippen molar-refractivity contribution in [2.24, 2.45) is 0 Å². The van der Waals surface area contributed by atoms with Crippen molar-refractivity contribution < 1.29 is 9.53 Å². The van der Waals surface area contributed by atoms with Gasteiger partial charge in [-0.1, -0.05) is 6.92 Å². The summed E-state index contributed by atoms with van der Waals surface area (Å²) < 4.78 is 5.00. The lowest BCUT2D eigenvalue weighted by molar-refractivity contribution is 0.0510. The molecule has 0 spiro atoms. The van der Waals surface area contributed by atoms with Gasteiger partial charge in [-0.25, -0.2) is 4.79 Å². The smallest absolute Gasteiger partial charge is 0.348 e. The Hall–Kier alpha value is -0.480. The summed E-state index contributed by atoms with van der Waals surface area (Å²) in [6, 6.07) is 1.87. The lowest BCUT2D eigenvalue weighted by Gasteiger charge is -1.98. The second kappa shape index (κ2) is 5.29. The first-order valence-corrected chi connectivity index (χ1v) is 6.18. The summed E-state index contributed by atoms with van der Waals surface area (Å²) in [6.07, 6.45) is 2.86. The third-order valence-electron chi connectivity index (χ3n) is 1.45. The minimum absolute atomic E-state index is 0.202. The Morgan fingerprint density at radius 3 is 3.00 bits per heavy atom. The zero-order valence-electron chi connectivity index (χ0n) is 7.70. The van der Waals surface area contributed by atoms with Crippen LogP contribution < -0.4 is 0 Å². The van der Waals surface area contributed by atoms with E-state index in [1.807, 2.05) is 24.6 Å². The predicted molar refractivity (Wildman–Crippen MR) is 56.7 cm³/mol. The van der Waals surface area contributed by atoms with E-state index in [1.54, 1.807) is 11.8 Å². The average molecular weight is 216 g/mol. The number of hydrogen-bond donors (Lipinski definition) is 0. The number of esters is 1. The molecule has 0 radical (unpaired) electrons. The Morgan fingerprint density at radius 1 is 1.69 bits per heavy atom. The van der Waals surface area contributed by atoms with E-state index in [9.17, 15) is 4.79 Å². The first-order valence-electron chi connectivity index (χ1n) is 4.07. The SMILES string of the molecule is CCCOC(=O)c1cc(SC)cs1. The van der Waals surface area contributed by atoms with Gasteiger partial charge >= 0.3 is 5.97 Å². The number of ether oxygens (including phenoxy) is 1. The molecule has 0 unspecified atom stereocenters. The van der Waals surface area contributed by atoms with Crippen molar-refractivity contribution in [3.8, 4) is 0 Å². The van der Waals surface area contributed by atoms with Gasteiger partial charge in [-0.3, -0.25) is 0 Å². The summed E-state index contributed by atoms with van der Waals surface area (Å²) in [7, 11) is 0.